The van der Waals surface area contributed by atoms with Gasteiger partial charge in [0.15, 0.2) is 6.29 Å². The Kier molecular flexibility index (Phi) is 7.38. The highest BCUT2D eigenvalue weighted by molar-refractivity contribution is 6.01. The van der Waals surface area contributed by atoms with Crippen LogP contribution in [-0.2, 0) is 10.3 Å². The first kappa shape index (κ1) is 22.0. The molecular weight excluding hydrogens is 388 g/mol. The van der Waals surface area contributed by atoms with E-state index in [0.29, 0.717) is 37.3 Å². The predicted molar refractivity (Wildman–Crippen MR) is 125 cm³/mol. The Morgan fingerprint density at radius 3 is 2.26 bits per heavy atom. The molecule has 0 saturated carbocycles. The summed E-state index contributed by atoms with van der Waals surface area (Å²) in [6.45, 7) is 6.99. The third-order valence-electron chi connectivity index (χ3n) is 5.48. The van der Waals surface area contributed by atoms with E-state index in [4.69, 9.17) is 0 Å². The highest BCUT2D eigenvalue weighted by Crippen LogP contribution is 2.34. The summed E-state index contributed by atoms with van der Waals surface area (Å²) in [5.74, 6) is 0.479. The molecule has 0 bridgehead atoms. The summed E-state index contributed by atoms with van der Waals surface area (Å²) in [4.78, 5) is 29.8. The maximum Gasteiger partial charge on any atom is 0.321 e. The molecular formula is C25H28N4O2. The van der Waals surface area contributed by atoms with E-state index in [1.54, 1.807) is 13.0 Å². The SMILES string of the molecule is C=C(/N=C\C(C=O)=C/C)NC1(c2ccccc2)CCN(C(=O)Nc2ccccc2)CC1. The van der Waals surface area contributed by atoms with Crippen molar-refractivity contribution in [1.82, 2.24) is 10.2 Å². The number of urea groups is 1. The first-order chi connectivity index (χ1) is 15.1. The van der Waals surface area contributed by atoms with Crippen molar-refractivity contribution in [2.75, 3.05) is 18.4 Å². The van der Waals surface area contributed by atoms with E-state index in [9.17, 15) is 9.59 Å². The Bertz CT molecular complexity index is 960. The number of allylic oxidation sites excluding steroid dienone is 2. The van der Waals surface area contributed by atoms with Crippen molar-refractivity contribution in [2.24, 2.45) is 4.99 Å². The Labute approximate surface area is 183 Å². The number of hydrogen-bond acceptors (Lipinski definition) is 4. The lowest BCUT2D eigenvalue weighted by molar-refractivity contribution is -0.104. The molecule has 31 heavy (non-hydrogen) atoms. The fourth-order valence-corrected chi connectivity index (χ4v) is 3.69. The van der Waals surface area contributed by atoms with E-state index in [1.165, 1.54) is 6.21 Å². The molecule has 1 aliphatic heterocycles. The average molecular weight is 417 g/mol. The van der Waals surface area contributed by atoms with E-state index < -0.39 is 5.54 Å². The van der Waals surface area contributed by atoms with Gasteiger partial charge in [-0.2, -0.15) is 0 Å². The maximum atomic E-state index is 12.7. The minimum Gasteiger partial charge on any atom is -0.361 e. The maximum absolute atomic E-state index is 12.7. The summed E-state index contributed by atoms with van der Waals surface area (Å²) in [5.41, 5.74) is 2.00. The van der Waals surface area contributed by atoms with Crippen LogP contribution in [0.5, 0.6) is 0 Å². The van der Waals surface area contributed by atoms with Crippen LogP contribution in [0.15, 0.2) is 89.7 Å². The van der Waals surface area contributed by atoms with Crippen molar-refractivity contribution >= 4 is 24.2 Å². The molecule has 6 heteroatoms. The largest absolute Gasteiger partial charge is 0.361 e. The lowest BCUT2D eigenvalue weighted by atomic mass is 9.81. The van der Waals surface area contributed by atoms with Gasteiger partial charge in [-0.3, -0.25) is 4.79 Å². The minimum absolute atomic E-state index is 0.103. The van der Waals surface area contributed by atoms with Crippen LogP contribution in [0.1, 0.15) is 25.3 Å². The summed E-state index contributed by atoms with van der Waals surface area (Å²) >= 11 is 0. The molecule has 0 unspecified atom stereocenters. The summed E-state index contributed by atoms with van der Waals surface area (Å²) in [5, 5.41) is 6.42. The third kappa shape index (κ3) is 5.69. The molecule has 0 atom stereocenters. The summed E-state index contributed by atoms with van der Waals surface area (Å²) in [7, 11) is 0. The zero-order valence-corrected chi connectivity index (χ0v) is 17.8. The molecule has 0 spiro atoms. The smallest absolute Gasteiger partial charge is 0.321 e. The number of carbonyl (C=O) groups excluding carboxylic acids is 2. The number of likely N-dealkylation sites (tertiary alicyclic amines) is 1. The van der Waals surface area contributed by atoms with Gasteiger partial charge in [0.25, 0.3) is 0 Å². The second kappa shape index (κ2) is 10.4. The van der Waals surface area contributed by atoms with Gasteiger partial charge in [0, 0.05) is 30.6 Å². The van der Waals surface area contributed by atoms with Crippen molar-refractivity contribution in [3.05, 3.63) is 90.3 Å². The van der Waals surface area contributed by atoms with Crippen LogP contribution in [0.3, 0.4) is 0 Å². The fraction of sp³-hybridized carbons (Fsp3) is 0.240. The molecule has 1 saturated heterocycles. The number of aliphatic imine (C=N–C) groups is 1. The number of nitrogens with one attached hydrogen (secondary N) is 2. The number of para-hydroxylation sites is 1. The average Bonchev–Trinajstić information content (AvgIpc) is 2.81. The van der Waals surface area contributed by atoms with E-state index in [0.717, 1.165) is 17.5 Å². The third-order valence-corrected chi connectivity index (χ3v) is 5.48. The van der Waals surface area contributed by atoms with Gasteiger partial charge in [-0.1, -0.05) is 61.2 Å². The summed E-state index contributed by atoms with van der Waals surface area (Å²) in [6, 6.07) is 19.5. The summed E-state index contributed by atoms with van der Waals surface area (Å²) in [6.07, 6.45) is 5.37. The van der Waals surface area contributed by atoms with Crippen molar-refractivity contribution < 1.29 is 9.59 Å². The number of benzene rings is 2. The molecule has 2 aromatic carbocycles. The topological polar surface area (TPSA) is 73.8 Å². The van der Waals surface area contributed by atoms with Crippen LogP contribution in [0.25, 0.3) is 0 Å². The first-order valence-electron chi connectivity index (χ1n) is 10.4. The van der Waals surface area contributed by atoms with Crippen molar-refractivity contribution in [2.45, 2.75) is 25.3 Å². The van der Waals surface area contributed by atoms with Gasteiger partial charge < -0.3 is 15.5 Å². The second-order valence-corrected chi connectivity index (χ2v) is 7.47. The zero-order valence-electron chi connectivity index (χ0n) is 17.8. The Morgan fingerprint density at radius 2 is 1.68 bits per heavy atom. The van der Waals surface area contributed by atoms with Crippen molar-refractivity contribution in [3.8, 4) is 0 Å². The van der Waals surface area contributed by atoms with Gasteiger partial charge >= 0.3 is 6.03 Å². The normalized spacial score (nSPS) is 16.0. The number of anilines is 1. The number of amides is 2. The van der Waals surface area contributed by atoms with Crippen LogP contribution in [0, 0.1) is 0 Å². The molecule has 0 radical (unpaired) electrons. The lowest BCUT2D eigenvalue weighted by Crippen LogP contribution is -2.52. The van der Waals surface area contributed by atoms with Crippen LogP contribution in [-0.4, -0.2) is 36.5 Å². The number of nitrogens with zero attached hydrogens (tertiary/aromatic N) is 2. The molecule has 0 aliphatic carbocycles. The standard InChI is InChI=1S/C25H28N4O2/c1-3-21(19-30)18-26-20(2)28-25(22-10-6-4-7-11-22)14-16-29(17-15-25)24(31)27-23-12-8-5-9-13-23/h3-13,18-19,28H,2,14-17H2,1H3,(H,27,31)/b21-3+,26-18-. The minimum atomic E-state index is -0.392. The van der Waals surface area contributed by atoms with Gasteiger partial charge in [-0.15, -0.1) is 0 Å². The molecule has 3 rings (SSSR count). The number of rotatable bonds is 7. The Hall–Kier alpha value is -3.67. The van der Waals surface area contributed by atoms with Crippen molar-refractivity contribution in [1.29, 1.82) is 0 Å². The van der Waals surface area contributed by atoms with Crippen LogP contribution < -0.4 is 10.6 Å². The number of carbonyl (C=O) groups is 2. The molecule has 1 heterocycles. The second-order valence-electron chi connectivity index (χ2n) is 7.47. The molecule has 6 nitrogen and oxygen atoms in total. The first-order valence-corrected chi connectivity index (χ1v) is 10.4. The highest BCUT2D eigenvalue weighted by Gasteiger charge is 2.37. The monoisotopic (exact) mass is 416 g/mol. The van der Waals surface area contributed by atoms with Crippen molar-refractivity contribution in [3.63, 3.8) is 0 Å². The van der Waals surface area contributed by atoms with E-state index in [-0.39, 0.29) is 6.03 Å². The molecule has 2 amide bonds. The van der Waals surface area contributed by atoms with Gasteiger partial charge in [-0.05, 0) is 37.5 Å². The van der Waals surface area contributed by atoms with E-state index in [2.05, 4.69) is 34.3 Å². The number of hydrogen-bond donors (Lipinski definition) is 2. The number of piperidine rings is 1. The van der Waals surface area contributed by atoms with Crippen LogP contribution in [0.4, 0.5) is 10.5 Å². The number of aldehydes is 1. The van der Waals surface area contributed by atoms with E-state index >= 15 is 0 Å². The zero-order chi connectivity index (χ0) is 22.1. The molecule has 0 aromatic heterocycles. The summed E-state index contributed by atoms with van der Waals surface area (Å²) < 4.78 is 0. The molecule has 160 valence electrons. The predicted octanol–water partition coefficient (Wildman–Crippen LogP) is 4.49. The highest BCUT2D eigenvalue weighted by atomic mass is 16.2. The van der Waals surface area contributed by atoms with Crippen LogP contribution in [0.2, 0.25) is 0 Å². The molecule has 1 aliphatic rings. The lowest BCUT2D eigenvalue weighted by Gasteiger charge is -2.43. The Balaban J connectivity index is 1.72. The van der Waals surface area contributed by atoms with Gasteiger partial charge in [0.1, 0.15) is 5.82 Å². The van der Waals surface area contributed by atoms with Gasteiger partial charge in [0.05, 0.1) is 5.54 Å². The Morgan fingerprint density at radius 1 is 1.06 bits per heavy atom. The fourth-order valence-electron chi connectivity index (χ4n) is 3.69. The van der Waals surface area contributed by atoms with Crippen LogP contribution >= 0.6 is 0 Å². The molecule has 2 N–H and O–H groups in total. The molecule has 1 fully saturated rings. The van der Waals surface area contributed by atoms with Gasteiger partial charge in [0.2, 0.25) is 0 Å². The quantitative estimate of drug-likeness (QED) is 0.397. The van der Waals surface area contributed by atoms with E-state index in [1.807, 2.05) is 53.4 Å². The molecule has 2 aromatic rings. The van der Waals surface area contributed by atoms with Gasteiger partial charge in [-0.25, -0.2) is 9.79 Å².